The van der Waals surface area contributed by atoms with Crippen LogP contribution in [0, 0.1) is 6.92 Å². The Balaban J connectivity index is 1.86. The second-order valence-electron chi connectivity index (χ2n) is 7.99. The number of aryl methyl sites for hydroxylation is 1. The Bertz CT molecular complexity index is 825. The fourth-order valence-electron chi connectivity index (χ4n) is 3.36. The molecule has 176 valence electrons. The van der Waals surface area contributed by atoms with Gasteiger partial charge in [0, 0.05) is 12.2 Å². The average Bonchev–Trinajstić information content (AvgIpc) is 2.77. The smallest absolute Gasteiger partial charge is 0.262 e. The standard InChI is InChI=1S/C26H37BrN2O3/c1-4-6-7-8-9-10-15-28-18-21-16-23(27)26(24(17-21)31-5-2)32-19-25(30)29-22-13-11-20(3)12-14-22/h11-14,16-17,28H,4-10,15,18-19H2,1-3H3,(H,29,30). The maximum Gasteiger partial charge on any atom is 0.262 e. The number of ether oxygens (including phenoxy) is 2. The molecule has 5 nitrogen and oxygen atoms in total. The Hall–Kier alpha value is -2.05. The lowest BCUT2D eigenvalue weighted by atomic mass is 10.1. The van der Waals surface area contributed by atoms with Crippen molar-refractivity contribution in [1.82, 2.24) is 5.32 Å². The van der Waals surface area contributed by atoms with Crippen LogP contribution in [0.1, 0.15) is 63.5 Å². The number of hydrogen-bond donors (Lipinski definition) is 2. The fourth-order valence-corrected chi connectivity index (χ4v) is 3.97. The van der Waals surface area contributed by atoms with E-state index in [2.05, 4.69) is 33.5 Å². The summed E-state index contributed by atoms with van der Waals surface area (Å²) >= 11 is 3.59. The van der Waals surface area contributed by atoms with Crippen molar-refractivity contribution in [2.45, 2.75) is 65.8 Å². The van der Waals surface area contributed by atoms with Crippen LogP contribution < -0.4 is 20.1 Å². The number of benzene rings is 2. The number of anilines is 1. The molecular formula is C26H37BrN2O3. The number of nitrogens with one attached hydrogen (secondary N) is 2. The van der Waals surface area contributed by atoms with E-state index in [4.69, 9.17) is 9.47 Å². The molecule has 6 heteroatoms. The molecule has 0 heterocycles. The molecule has 0 aromatic heterocycles. The Morgan fingerprint density at radius 1 is 0.969 bits per heavy atom. The number of hydrogen-bond acceptors (Lipinski definition) is 4. The molecule has 0 aliphatic rings. The Morgan fingerprint density at radius 2 is 1.69 bits per heavy atom. The highest BCUT2D eigenvalue weighted by Crippen LogP contribution is 2.37. The fraction of sp³-hybridized carbons (Fsp3) is 0.500. The second-order valence-corrected chi connectivity index (χ2v) is 8.84. The normalized spacial score (nSPS) is 10.8. The zero-order valence-corrected chi connectivity index (χ0v) is 21.2. The topological polar surface area (TPSA) is 59.6 Å². The van der Waals surface area contributed by atoms with Crippen molar-refractivity contribution < 1.29 is 14.3 Å². The van der Waals surface area contributed by atoms with Crippen molar-refractivity contribution in [3.8, 4) is 11.5 Å². The molecule has 2 N–H and O–H groups in total. The molecule has 0 atom stereocenters. The molecule has 0 saturated carbocycles. The van der Waals surface area contributed by atoms with Crippen LogP contribution in [-0.4, -0.2) is 25.7 Å². The number of carbonyl (C=O) groups excluding carboxylic acids is 1. The molecule has 0 radical (unpaired) electrons. The van der Waals surface area contributed by atoms with Gasteiger partial charge < -0.3 is 20.1 Å². The third-order valence-electron chi connectivity index (χ3n) is 5.09. The van der Waals surface area contributed by atoms with E-state index in [1.165, 1.54) is 38.5 Å². The summed E-state index contributed by atoms with van der Waals surface area (Å²) in [5, 5.41) is 6.36. The van der Waals surface area contributed by atoms with Crippen molar-refractivity contribution in [1.29, 1.82) is 0 Å². The van der Waals surface area contributed by atoms with Gasteiger partial charge in [-0.1, -0.05) is 56.7 Å². The van der Waals surface area contributed by atoms with E-state index in [0.717, 1.165) is 34.4 Å². The van der Waals surface area contributed by atoms with Crippen molar-refractivity contribution in [2.75, 3.05) is 25.1 Å². The summed E-state index contributed by atoms with van der Waals surface area (Å²) in [5.41, 5.74) is 3.01. The molecule has 0 fully saturated rings. The Kier molecular flexibility index (Phi) is 12.2. The van der Waals surface area contributed by atoms with Crippen LogP contribution in [0.2, 0.25) is 0 Å². The largest absolute Gasteiger partial charge is 0.490 e. The summed E-state index contributed by atoms with van der Waals surface area (Å²) in [6.07, 6.45) is 7.75. The van der Waals surface area contributed by atoms with Crippen LogP contribution >= 0.6 is 15.9 Å². The van der Waals surface area contributed by atoms with Crippen LogP contribution in [0.5, 0.6) is 11.5 Å². The van der Waals surface area contributed by atoms with Gasteiger partial charge in [0.15, 0.2) is 18.1 Å². The van der Waals surface area contributed by atoms with Crippen molar-refractivity contribution in [2.24, 2.45) is 0 Å². The molecule has 0 aliphatic carbocycles. The van der Waals surface area contributed by atoms with Gasteiger partial charge in [0.2, 0.25) is 0 Å². The third-order valence-corrected chi connectivity index (χ3v) is 5.68. The van der Waals surface area contributed by atoms with E-state index >= 15 is 0 Å². The Morgan fingerprint density at radius 3 is 2.41 bits per heavy atom. The van der Waals surface area contributed by atoms with Gasteiger partial charge in [0.25, 0.3) is 5.91 Å². The number of unbranched alkanes of at least 4 members (excludes halogenated alkanes) is 5. The summed E-state index contributed by atoms with van der Waals surface area (Å²) in [6.45, 7) is 8.38. The minimum Gasteiger partial charge on any atom is -0.490 e. The van der Waals surface area contributed by atoms with Gasteiger partial charge in [-0.3, -0.25) is 4.79 Å². The maximum atomic E-state index is 12.3. The van der Waals surface area contributed by atoms with E-state index in [1.807, 2.05) is 50.2 Å². The molecule has 0 bridgehead atoms. The van der Waals surface area contributed by atoms with E-state index < -0.39 is 0 Å². The predicted molar refractivity (Wildman–Crippen MR) is 136 cm³/mol. The SMILES string of the molecule is CCCCCCCCNCc1cc(Br)c(OCC(=O)Nc2ccc(C)cc2)c(OCC)c1. The monoisotopic (exact) mass is 504 g/mol. The highest BCUT2D eigenvalue weighted by atomic mass is 79.9. The van der Waals surface area contributed by atoms with Crippen molar-refractivity contribution >= 4 is 27.5 Å². The van der Waals surface area contributed by atoms with E-state index in [1.54, 1.807) is 0 Å². The lowest BCUT2D eigenvalue weighted by Gasteiger charge is -2.16. The molecule has 1 amide bonds. The number of halogens is 1. The minimum atomic E-state index is -0.215. The molecule has 32 heavy (non-hydrogen) atoms. The Labute approximate surface area is 201 Å². The summed E-state index contributed by atoms with van der Waals surface area (Å²) in [5.74, 6) is 0.972. The quantitative estimate of drug-likeness (QED) is 0.267. The minimum absolute atomic E-state index is 0.0951. The molecule has 2 rings (SSSR count). The van der Waals surface area contributed by atoms with Crippen LogP contribution in [0.25, 0.3) is 0 Å². The first kappa shape index (κ1) is 26.2. The van der Waals surface area contributed by atoms with Gasteiger partial charge in [-0.2, -0.15) is 0 Å². The molecule has 2 aromatic carbocycles. The summed E-state index contributed by atoms with van der Waals surface area (Å²) < 4.78 is 12.4. The van der Waals surface area contributed by atoms with E-state index in [-0.39, 0.29) is 12.5 Å². The first-order chi connectivity index (χ1) is 15.5. The van der Waals surface area contributed by atoms with Gasteiger partial charge in [-0.15, -0.1) is 0 Å². The average molecular weight is 505 g/mol. The first-order valence-corrected chi connectivity index (χ1v) is 12.5. The second kappa shape index (κ2) is 14.9. The third kappa shape index (κ3) is 9.61. The first-order valence-electron chi connectivity index (χ1n) is 11.7. The summed E-state index contributed by atoms with van der Waals surface area (Å²) in [4.78, 5) is 12.3. The molecular weight excluding hydrogens is 468 g/mol. The van der Waals surface area contributed by atoms with Crippen molar-refractivity contribution in [3.05, 3.63) is 52.0 Å². The molecule has 0 saturated heterocycles. The van der Waals surface area contributed by atoms with Gasteiger partial charge in [-0.25, -0.2) is 0 Å². The van der Waals surface area contributed by atoms with Crippen LogP contribution in [-0.2, 0) is 11.3 Å². The van der Waals surface area contributed by atoms with E-state index in [9.17, 15) is 4.79 Å². The number of carbonyl (C=O) groups is 1. The summed E-state index contributed by atoms with van der Waals surface area (Å²) in [6, 6.07) is 11.7. The van der Waals surface area contributed by atoms with Gasteiger partial charge in [-0.05, 0) is 72.6 Å². The van der Waals surface area contributed by atoms with Crippen LogP contribution in [0.15, 0.2) is 40.9 Å². The van der Waals surface area contributed by atoms with Gasteiger partial charge >= 0.3 is 0 Å². The van der Waals surface area contributed by atoms with Gasteiger partial charge in [0.05, 0.1) is 11.1 Å². The molecule has 0 aliphatic heterocycles. The number of amides is 1. The lowest BCUT2D eigenvalue weighted by molar-refractivity contribution is -0.118. The van der Waals surface area contributed by atoms with Crippen LogP contribution in [0.4, 0.5) is 5.69 Å². The number of rotatable bonds is 15. The maximum absolute atomic E-state index is 12.3. The van der Waals surface area contributed by atoms with E-state index in [0.29, 0.717) is 18.1 Å². The predicted octanol–water partition coefficient (Wildman–Crippen LogP) is 6.62. The highest BCUT2D eigenvalue weighted by molar-refractivity contribution is 9.10. The molecule has 0 unspecified atom stereocenters. The molecule has 0 spiro atoms. The molecule has 2 aromatic rings. The lowest BCUT2D eigenvalue weighted by Crippen LogP contribution is -2.20. The van der Waals surface area contributed by atoms with Gasteiger partial charge in [0.1, 0.15) is 0 Å². The summed E-state index contributed by atoms with van der Waals surface area (Å²) in [7, 11) is 0. The van der Waals surface area contributed by atoms with Crippen molar-refractivity contribution in [3.63, 3.8) is 0 Å². The zero-order chi connectivity index (χ0) is 23.2. The van der Waals surface area contributed by atoms with Crippen LogP contribution in [0.3, 0.4) is 0 Å². The zero-order valence-electron chi connectivity index (χ0n) is 19.6. The highest BCUT2D eigenvalue weighted by Gasteiger charge is 2.14.